The predicted molar refractivity (Wildman–Crippen MR) is 84.1 cm³/mol. The highest BCUT2D eigenvalue weighted by Crippen LogP contribution is 2.36. The van der Waals surface area contributed by atoms with Crippen molar-refractivity contribution in [3.8, 4) is 0 Å². The van der Waals surface area contributed by atoms with E-state index in [0.717, 1.165) is 30.5 Å². The van der Waals surface area contributed by atoms with E-state index in [-0.39, 0.29) is 24.3 Å². The van der Waals surface area contributed by atoms with Crippen molar-refractivity contribution in [3.63, 3.8) is 0 Å². The largest absolute Gasteiger partial charge is 0.481 e. The van der Waals surface area contributed by atoms with E-state index >= 15 is 0 Å². The zero-order chi connectivity index (χ0) is 16.3. The fourth-order valence-corrected chi connectivity index (χ4v) is 3.11. The van der Waals surface area contributed by atoms with Crippen LogP contribution in [-0.2, 0) is 14.4 Å². The standard InChI is InChI=1S/C17H20N2O4/c20-15(6-7-16(21)22)19-10-8-17(9-11-19)12-14(18-23-17)13-4-2-1-3-5-13/h1-5H,6-12H2,(H,21,22). The highest BCUT2D eigenvalue weighted by atomic mass is 16.7. The molecule has 1 fully saturated rings. The zero-order valence-corrected chi connectivity index (χ0v) is 12.9. The van der Waals surface area contributed by atoms with Gasteiger partial charge in [0.2, 0.25) is 5.91 Å². The Labute approximate surface area is 134 Å². The van der Waals surface area contributed by atoms with E-state index in [9.17, 15) is 9.59 Å². The summed E-state index contributed by atoms with van der Waals surface area (Å²) in [6.45, 7) is 1.19. The summed E-state index contributed by atoms with van der Waals surface area (Å²) in [5.41, 5.74) is 1.72. The van der Waals surface area contributed by atoms with Gasteiger partial charge in [0.15, 0.2) is 0 Å². The molecular weight excluding hydrogens is 296 g/mol. The van der Waals surface area contributed by atoms with E-state index in [0.29, 0.717) is 13.1 Å². The van der Waals surface area contributed by atoms with Gasteiger partial charge in [-0.05, 0) is 5.56 Å². The van der Waals surface area contributed by atoms with Crippen molar-refractivity contribution in [2.24, 2.45) is 5.16 Å². The van der Waals surface area contributed by atoms with E-state index in [4.69, 9.17) is 9.94 Å². The molecule has 0 aromatic heterocycles. The number of rotatable bonds is 4. The second-order valence-corrected chi connectivity index (χ2v) is 6.13. The average Bonchev–Trinajstić information content (AvgIpc) is 2.98. The van der Waals surface area contributed by atoms with Crippen LogP contribution >= 0.6 is 0 Å². The minimum atomic E-state index is -0.938. The first kappa shape index (κ1) is 15.5. The summed E-state index contributed by atoms with van der Waals surface area (Å²) >= 11 is 0. The maximum absolute atomic E-state index is 12.0. The molecule has 0 aliphatic carbocycles. The monoisotopic (exact) mass is 316 g/mol. The number of carboxylic acid groups (broad SMARTS) is 1. The average molecular weight is 316 g/mol. The van der Waals surface area contributed by atoms with Crippen LogP contribution in [0.3, 0.4) is 0 Å². The van der Waals surface area contributed by atoms with E-state index in [1.54, 1.807) is 4.90 Å². The summed E-state index contributed by atoms with van der Waals surface area (Å²) in [5, 5.41) is 12.9. The van der Waals surface area contributed by atoms with E-state index in [1.165, 1.54) is 0 Å². The predicted octanol–water partition coefficient (Wildman–Crippen LogP) is 2.04. The normalized spacial score (nSPS) is 19.3. The van der Waals surface area contributed by atoms with Crippen molar-refractivity contribution in [1.82, 2.24) is 4.90 Å². The van der Waals surface area contributed by atoms with Gasteiger partial charge in [-0.1, -0.05) is 35.5 Å². The molecule has 2 heterocycles. The Hall–Kier alpha value is -2.37. The number of carboxylic acids is 1. The summed E-state index contributed by atoms with van der Waals surface area (Å²) in [6.07, 6.45) is 2.17. The third-order valence-corrected chi connectivity index (χ3v) is 4.53. The van der Waals surface area contributed by atoms with Crippen LogP contribution < -0.4 is 0 Å². The molecule has 2 aliphatic rings. The van der Waals surface area contributed by atoms with Crippen LogP contribution in [0.2, 0.25) is 0 Å². The Kier molecular flexibility index (Phi) is 4.32. The second kappa shape index (κ2) is 6.40. The zero-order valence-electron chi connectivity index (χ0n) is 12.9. The van der Waals surface area contributed by atoms with Crippen molar-refractivity contribution in [3.05, 3.63) is 35.9 Å². The van der Waals surface area contributed by atoms with Crippen LogP contribution in [-0.4, -0.2) is 46.3 Å². The fraction of sp³-hybridized carbons (Fsp3) is 0.471. The molecule has 23 heavy (non-hydrogen) atoms. The molecule has 1 aromatic rings. The van der Waals surface area contributed by atoms with E-state index in [1.807, 2.05) is 30.3 Å². The molecule has 0 unspecified atom stereocenters. The van der Waals surface area contributed by atoms with Crippen LogP contribution in [0.1, 0.15) is 37.7 Å². The highest BCUT2D eigenvalue weighted by molar-refractivity contribution is 6.01. The van der Waals surface area contributed by atoms with Gasteiger partial charge >= 0.3 is 5.97 Å². The first-order chi connectivity index (χ1) is 11.1. The second-order valence-electron chi connectivity index (χ2n) is 6.13. The number of benzene rings is 1. The SMILES string of the molecule is O=C(O)CCC(=O)N1CCC2(CC1)CC(c1ccccc1)=NO2. The molecule has 0 bridgehead atoms. The quantitative estimate of drug-likeness (QED) is 0.922. The molecular formula is C17H20N2O4. The molecule has 6 nitrogen and oxygen atoms in total. The van der Waals surface area contributed by atoms with Gasteiger partial charge in [-0.3, -0.25) is 9.59 Å². The first-order valence-corrected chi connectivity index (χ1v) is 7.88. The van der Waals surface area contributed by atoms with E-state index < -0.39 is 5.97 Å². The Morgan fingerprint density at radius 3 is 2.52 bits per heavy atom. The first-order valence-electron chi connectivity index (χ1n) is 7.88. The van der Waals surface area contributed by atoms with Crippen LogP contribution in [0.5, 0.6) is 0 Å². The molecule has 6 heteroatoms. The molecule has 122 valence electrons. The van der Waals surface area contributed by atoms with Gasteiger partial charge in [-0.2, -0.15) is 0 Å². The number of likely N-dealkylation sites (tertiary alicyclic amines) is 1. The molecule has 0 saturated carbocycles. The van der Waals surface area contributed by atoms with Gasteiger partial charge in [0.25, 0.3) is 0 Å². The van der Waals surface area contributed by atoms with Gasteiger partial charge in [0, 0.05) is 38.8 Å². The lowest BCUT2D eigenvalue weighted by atomic mass is 9.85. The van der Waals surface area contributed by atoms with Gasteiger partial charge in [-0.25, -0.2) is 0 Å². The lowest BCUT2D eigenvalue weighted by molar-refractivity contribution is -0.143. The number of hydrogen-bond acceptors (Lipinski definition) is 4. The number of nitrogens with zero attached hydrogens (tertiary/aromatic N) is 2. The number of carbonyl (C=O) groups excluding carboxylic acids is 1. The third kappa shape index (κ3) is 3.52. The number of aliphatic carboxylic acids is 1. The Morgan fingerprint density at radius 1 is 1.17 bits per heavy atom. The molecule has 1 N–H and O–H groups in total. The Bertz CT molecular complexity index is 619. The highest BCUT2D eigenvalue weighted by Gasteiger charge is 2.43. The molecule has 1 aromatic carbocycles. The topological polar surface area (TPSA) is 79.2 Å². The number of oxime groups is 1. The van der Waals surface area contributed by atoms with Gasteiger partial charge in [-0.15, -0.1) is 0 Å². The van der Waals surface area contributed by atoms with Crippen LogP contribution in [0.4, 0.5) is 0 Å². The Balaban J connectivity index is 1.54. The number of carbonyl (C=O) groups is 2. The van der Waals surface area contributed by atoms with Crippen molar-refractivity contribution in [2.45, 2.75) is 37.7 Å². The van der Waals surface area contributed by atoms with Crippen LogP contribution in [0.25, 0.3) is 0 Å². The summed E-state index contributed by atoms with van der Waals surface area (Å²) in [7, 11) is 0. The van der Waals surface area contributed by atoms with E-state index in [2.05, 4.69) is 5.16 Å². The fourth-order valence-electron chi connectivity index (χ4n) is 3.11. The van der Waals surface area contributed by atoms with Crippen molar-refractivity contribution in [1.29, 1.82) is 0 Å². The summed E-state index contributed by atoms with van der Waals surface area (Å²) in [6, 6.07) is 9.97. The summed E-state index contributed by atoms with van der Waals surface area (Å²) in [4.78, 5) is 30.0. The summed E-state index contributed by atoms with van der Waals surface area (Å²) < 4.78 is 0. The number of amides is 1. The van der Waals surface area contributed by atoms with Crippen LogP contribution in [0.15, 0.2) is 35.5 Å². The van der Waals surface area contributed by atoms with Crippen molar-refractivity contribution in [2.75, 3.05) is 13.1 Å². The summed E-state index contributed by atoms with van der Waals surface area (Å²) in [5.74, 6) is -1.03. The minimum absolute atomic E-state index is 0.0644. The Morgan fingerprint density at radius 2 is 1.87 bits per heavy atom. The minimum Gasteiger partial charge on any atom is -0.481 e. The van der Waals surface area contributed by atoms with Gasteiger partial charge < -0.3 is 14.8 Å². The molecule has 1 spiro atoms. The van der Waals surface area contributed by atoms with Gasteiger partial charge in [0.05, 0.1) is 12.1 Å². The molecule has 0 radical (unpaired) electrons. The number of piperidine rings is 1. The molecule has 1 saturated heterocycles. The molecule has 0 atom stereocenters. The van der Waals surface area contributed by atoms with Gasteiger partial charge in [0.1, 0.15) is 5.60 Å². The molecule has 1 amide bonds. The lowest BCUT2D eigenvalue weighted by Gasteiger charge is -2.37. The van der Waals surface area contributed by atoms with Crippen LogP contribution in [0, 0.1) is 0 Å². The molecule has 2 aliphatic heterocycles. The lowest BCUT2D eigenvalue weighted by Crippen LogP contribution is -2.46. The smallest absolute Gasteiger partial charge is 0.303 e. The molecule has 3 rings (SSSR count). The number of hydrogen-bond donors (Lipinski definition) is 1. The van der Waals surface area contributed by atoms with Crippen molar-refractivity contribution < 1.29 is 19.5 Å². The van der Waals surface area contributed by atoms with Crippen molar-refractivity contribution >= 4 is 17.6 Å². The third-order valence-electron chi connectivity index (χ3n) is 4.53. The maximum atomic E-state index is 12.0. The maximum Gasteiger partial charge on any atom is 0.303 e.